The van der Waals surface area contributed by atoms with Crippen molar-refractivity contribution in [1.82, 2.24) is 14.9 Å². The smallest absolute Gasteiger partial charge is 0.416 e. The predicted molar refractivity (Wildman–Crippen MR) is 111 cm³/mol. The third kappa shape index (κ3) is 5.20. The first-order valence-corrected chi connectivity index (χ1v) is 10.1. The Morgan fingerprint density at radius 1 is 1.23 bits per heavy atom. The third-order valence-corrected chi connectivity index (χ3v) is 5.08. The van der Waals surface area contributed by atoms with Gasteiger partial charge >= 0.3 is 12.3 Å². The summed E-state index contributed by atoms with van der Waals surface area (Å²) in [6, 6.07) is 3.58. The summed E-state index contributed by atoms with van der Waals surface area (Å²) in [7, 11) is 0. The number of benzene rings is 1. The fourth-order valence-electron chi connectivity index (χ4n) is 3.51. The number of carbonyl (C=O) groups excluding carboxylic acids is 1. The average molecular weight is 457 g/mol. The average Bonchev–Trinajstić information content (AvgIpc) is 3.03. The van der Waals surface area contributed by atoms with Gasteiger partial charge in [-0.2, -0.15) is 13.2 Å². The Kier molecular flexibility index (Phi) is 6.10. The number of alkyl halides is 3. The van der Waals surface area contributed by atoms with E-state index >= 15 is 0 Å². The highest BCUT2D eigenvalue weighted by molar-refractivity contribution is 6.28. The molecule has 10 heteroatoms. The monoisotopic (exact) mass is 456 g/mol. The molecule has 1 amide bonds. The van der Waals surface area contributed by atoms with Gasteiger partial charge in [0, 0.05) is 5.56 Å². The van der Waals surface area contributed by atoms with Crippen LogP contribution in [0.2, 0.25) is 5.28 Å². The Bertz CT molecular complexity index is 1010. The molecule has 0 bridgehead atoms. The molecule has 1 aliphatic rings. The first-order valence-electron chi connectivity index (χ1n) is 9.72. The number of carbonyl (C=O) groups is 1. The molecule has 2 heterocycles. The van der Waals surface area contributed by atoms with Gasteiger partial charge in [0.25, 0.3) is 0 Å². The molecule has 3 rings (SSSR count). The molecule has 0 radical (unpaired) electrons. The van der Waals surface area contributed by atoms with Crippen LogP contribution in [-0.4, -0.2) is 26.6 Å². The van der Waals surface area contributed by atoms with E-state index in [1.807, 2.05) is 0 Å². The zero-order chi connectivity index (χ0) is 23.1. The van der Waals surface area contributed by atoms with Crippen LogP contribution in [0.5, 0.6) is 0 Å². The van der Waals surface area contributed by atoms with Crippen molar-refractivity contribution in [1.29, 1.82) is 0 Å². The van der Waals surface area contributed by atoms with Crippen molar-refractivity contribution in [2.24, 2.45) is 0 Å². The number of hydrogen-bond acceptors (Lipinski definition) is 5. The minimum Gasteiger partial charge on any atom is -0.444 e. The van der Waals surface area contributed by atoms with E-state index in [0.717, 1.165) is 6.07 Å². The molecule has 6 nitrogen and oxygen atoms in total. The van der Waals surface area contributed by atoms with Crippen LogP contribution in [0.15, 0.2) is 18.2 Å². The number of ether oxygens (including phenoxy) is 1. The quantitative estimate of drug-likeness (QED) is 0.584. The Morgan fingerprint density at radius 3 is 2.52 bits per heavy atom. The standard InChI is InChI=1S/C21H24ClF3N4O2/c1-11-13(7-6-8-15(11)21(23,24)25)12(2)26-17-14-9-29(19(30)31-20(3,4)5)10-16(14)27-18(22)28-17/h6-8,12H,9-10H2,1-5H3,(H,26,27,28)/t12-/m1/s1. The highest BCUT2D eigenvalue weighted by Crippen LogP contribution is 2.36. The molecule has 168 valence electrons. The molecule has 0 saturated carbocycles. The van der Waals surface area contributed by atoms with Crippen LogP contribution in [0, 0.1) is 6.92 Å². The van der Waals surface area contributed by atoms with E-state index in [1.165, 1.54) is 17.9 Å². The summed E-state index contributed by atoms with van der Waals surface area (Å²) in [4.78, 5) is 22.3. The van der Waals surface area contributed by atoms with Gasteiger partial charge in [-0.1, -0.05) is 12.1 Å². The topological polar surface area (TPSA) is 67.4 Å². The molecule has 1 atom stereocenters. The number of fused-ring (bicyclic) bond motifs is 1. The van der Waals surface area contributed by atoms with Gasteiger partial charge in [0.05, 0.1) is 30.4 Å². The molecule has 0 spiro atoms. The van der Waals surface area contributed by atoms with Crippen LogP contribution in [0.1, 0.15) is 61.7 Å². The number of nitrogens with one attached hydrogen (secondary N) is 1. The summed E-state index contributed by atoms with van der Waals surface area (Å²) >= 11 is 6.06. The van der Waals surface area contributed by atoms with Gasteiger partial charge in [-0.25, -0.2) is 14.8 Å². The second-order valence-corrected chi connectivity index (χ2v) is 8.82. The van der Waals surface area contributed by atoms with Gasteiger partial charge < -0.3 is 10.1 Å². The molecular formula is C21H24ClF3N4O2. The summed E-state index contributed by atoms with van der Waals surface area (Å²) < 4.78 is 45.3. The van der Waals surface area contributed by atoms with E-state index in [4.69, 9.17) is 16.3 Å². The van der Waals surface area contributed by atoms with E-state index < -0.39 is 29.5 Å². The highest BCUT2D eigenvalue weighted by Gasteiger charge is 2.34. The molecule has 1 aromatic carbocycles. The van der Waals surface area contributed by atoms with Crippen molar-refractivity contribution in [3.8, 4) is 0 Å². The second-order valence-electron chi connectivity index (χ2n) is 8.49. The van der Waals surface area contributed by atoms with Crippen LogP contribution in [0.25, 0.3) is 0 Å². The number of halogens is 4. The maximum atomic E-state index is 13.3. The lowest BCUT2D eigenvalue weighted by Crippen LogP contribution is -2.33. The van der Waals surface area contributed by atoms with Crippen molar-refractivity contribution >= 4 is 23.5 Å². The van der Waals surface area contributed by atoms with Gasteiger partial charge in [-0.15, -0.1) is 0 Å². The van der Waals surface area contributed by atoms with Gasteiger partial charge in [0.2, 0.25) is 5.28 Å². The van der Waals surface area contributed by atoms with Crippen LogP contribution in [-0.2, 0) is 24.0 Å². The Morgan fingerprint density at radius 2 is 1.90 bits per heavy atom. The summed E-state index contributed by atoms with van der Waals surface area (Å²) in [5, 5.41) is 3.13. The number of hydrogen-bond donors (Lipinski definition) is 1. The number of rotatable bonds is 3. The normalized spacial score (nSPS) is 14.9. The third-order valence-electron chi connectivity index (χ3n) is 4.91. The van der Waals surface area contributed by atoms with Crippen molar-refractivity contribution in [3.05, 3.63) is 51.4 Å². The van der Waals surface area contributed by atoms with Crippen molar-refractivity contribution < 1.29 is 22.7 Å². The van der Waals surface area contributed by atoms with E-state index in [1.54, 1.807) is 33.8 Å². The van der Waals surface area contributed by atoms with E-state index in [-0.39, 0.29) is 23.9 Å². The molecular weight excluding hydrogens is 433 g/mol. The Hall–Kier alpha value is -2.55. The lowest BCUT2D eigenvalue weighted by atomic mass is 9.97. The molecule has 0 fully saturated rings. The van der Waals surface area contributed by atoms with Gasteiger partial charge in [0.15, 0.2) is 0 Å². The zero-order valence-electron chi connectivity index (χ0n) is 17.9. The Balaban J connectivity index is 1.86. The minimum absolute atomic E-state index is 0.0137. The molecule has 1 aromatic heterocycles. The molecule has 1 aliphatic heterocycles. The first-order chi connectivity index (χ1) is 14.3. The fraction of sp³-hybridized carbons (Fsp3) is 0.476. The largest absolute Gasteiger partial charge is 0.444 e. The lowest BCUT2D eigenvalue weighted by Gasteiger charge is -2.24. The van der Waals surface area contributed by atoms with Crippen molar-refractivity contribution in [3.63, 3.8) is 0 Å². The van der Waals surface area contributed by atoms with Crippen LogP contribution in [0.3, 0.4) is 0 Å². The molecule has 1 N–H and O–H groups in total. The summed E-state index contributed by atoms with van der Waals surface area (Å²) in [5.41, 5.74) is 0.530. The number of anilines is 1. The van der Waals surface area contributed by atoms with Crippen LogP contribution >= 0.6 is 11.6 Å². The predicted octanol–water partition coefficient (Wildman–Crippen LogP) is 5.88. The van der Waals surface area contributed by atoms with E-state index in [9.17, 15) is 18.0 Å². The van der Waals surface area contributed by atoms with Gasteiger partial charge in [0.1, 0.15) is 11.4 Å². The van der Waals surface area contributed by atoms with Crippen molar-refractivity contribution in [2.75, 3.05) is 5.32 Å². The molecule has 31 heavy (non-hydrogen) atoms. The summed E-state index contributed by atoms with van der Waals surface area (Å²) in [6.45, 7) is 8.92. The Labute approximate surface area is 183 Å². The maximum Gasteiger partial charge on any atom is 0.416 e. The zero-order valence-corrected chi connectivity index (χ0v) is 18.6. The first kappa shape index (κ1) is 23.1. The van der Waals surface area contributed by atoms with Crippen LogP contribution < -0.4 is 5.32 Å². The summed E-state index contributed by atoms with van der Waals surface area (Å²) in [6.07, 6.45) is -4.93. The van der Waals surface area contributed by atoms with E-state index in [2.05, 4.69) is 15.3 Å². The van der Waals surface area contributed by atoms with Gasteiger partial charge in [-0.3, -0.25) is 4.90 Å². The van der Waals surface area contributed by atoms with E-state index in [0.29, 0.717) is 22.6 Å². The van der Waals surface area contributed by atoms with Crippen LogP contribution in [0.4, 0.5) is 23.8 Å². The lowest BCUT2D eigenvalue weighted by molar-refractivity contribution is -0.138. The second kappa shape index (κ2) is 8.18. The number of aromatic nitrogens is 2. The molecule has 0 aliphatic carbocycles. The number of amides is 1. The maximum absolute atomic E-state index is 13.3. The SMILES string of the molecule is Cc1c([C@@H](C)Nc2nc(Cl)nc3c2CN(C(=O)OC(C)(C)C)C3)cccc1C(F)(F)F. The molecule has 0 unspecified atom stereocenters. The summed E-state index contributed by atoms with van der Waals surface area (Å²) in [5.74, 6) is 0.380. The molecule has 0 saturated heterocycles. The van der Waals surface area contributed by atoms with Gasteiger partial charge in [-0.05, 0) is 63.4 Å². The molecule has 2 aromatic rings. The fourth-order valence-corrected chi connectivity index (χ4v) is 3.70. The highest BCUT2D eigenvalue weighted by atomic mass is 35.5. The van der Waals surface area contributed by atoms with Crippen molar-refractivity contribution in [2.45, 2.75) is 65.5 Å². The minimum atomic E-state index is -4.44. The number of nitrogens with zero attached hydrogens (tertiary/aromatic N) is 3.